The lowest BCUT2D eigenvalue weighted by Crippen LogP contribution is -2.32. The molecule has 1 amide bonds. The van der Waals surface area contributed by atoms with Gasteiger partial charge in [0, 0.05) is 6.42 Å². The van der Waals surface area contributed by atoms with Crippen molar-refractivity contribution in [3.05, 3.63) is 70.4 Å². The number of nitrogens with two attached hydrogens (primary N) is 1. The van der Waals surface area contributed by atoms with E-state index < -0.39 is 26.9 Å². The molecule has 2 heterocycles. The number of nitrogen functional groups attached to an aromatic ring is 1. The second-order valence-electron chi connectivity index (χ2n) is 10.6. The Labute approximate surface area is 222 Å². The Balaban J connectivity index is 1.76. The first-order valence-corrected chi connectivity index (χ1v) is 13.8. The van der Waals surface area contributed by atoms with Crippen molar-refractivity contribution < 1.29 is 22.7 Å². The van der Waals surface area contributed by atoms with Gasteiger partial charge in [0.2, 0.25) is 5.88 Å². The minimum Gasteiger partial charge on any atom is -0.438 e. The molecule has 0 aliphatic heterocycles. The maximum Gasteiger partial charge on any atom is 0.281 e. The zero-order valence-electron chi connectivity index (χ0n) is 22.2. The van der Waals surface area contributed by atoms with Crippen LogP contribution in [0.3, 0.4) is 0 Å². The number of nitrogens with zero attached hydrogens (tertiary/aromatic N) is 2. The molecule has 10 heteroatoms. The maximum absolute atomic E-state index is 13.3. The summed E-state index contributed by atoms with van der Waals surface area (Å²) in [5.41, 5.74) is 8.66. The molecule has 0 spiro atoms. The molecule has 4 rings (SSSR count). The first-order valence-electron chi connectivity index (χ1n) is 12.3. The Morgan fingerprint density at radius 2 is 1.76 bits per heavy atom. The Morgan fingerprint density at radius 1 is 1.08 bits per heavy atom. The van der Waals surface area contributed by atoms with Crippen molar-refractivity contribution in [1.82, 2.24) is 14.7 Å². The van der Waals surface area contributed by atoms with Gasteiger partial charge in [-0.2, -0.15) is 8.42 Å². The van der Waals surface area contributed by atoms with Gasteiger partial charge in [-0.15, -0.1) is 0 Å². The van der Waals surface area contributed by atoms with Gasteiger partial charge in [0.1, 0.15) is 22.9 Å². The molecule has 9 nitrogen and oxygen atoms in total. The Hall–Kier alpha value is -3.79. The summed E-state index contributed by atoms with van der Waals surface area (Å²) in [5, 5.41) is -0.391. The van der Waals surface area contributed by atoms with Crippen molar-refractivity contribution >= 4 is 27.5 Å². The van der Waals surface area contributed by atoms with Crippen LogP contribution in [-0.4, -0.2) is 30.1 Å². The molecule has 3 N–H and O–H groups in total. The molecule has 1 aliphatic carbocycles. The normalized spacial score (nSPS) is 17.2. The van der Waals surface area contributed by atoms with E-state index in [0.29, 0.717) is 24.3 Å². The number of ether oxygens (including phenoxy) is 1. The van der Waals surface area contributed by atoms with E-state index in [1.165, 1.54) is 24.3 Å². The van der Waals surface area contributed by atoms with Crippen molar-refractivity contribution in [2.75, 3.05) is 5.73 Å². The zero-order chi connectivity index (χ0) is 27.8. The summed E-state index contributed by atoms with van der Waals surface area (Å²) < 4.78 is 33.9. The number of anilines is 1. The molecule has 3 aromatic rings. The number of carbonyl (C=O) groups is 2. The number of benzene rings is 1. The number of sulfonamides is 1. The molecule has 1 aliphatic rings. The molecule has 1 saturated carbocycles. The van der Waals surface area contributed by atoms with Gasteiger partial charge in [-0.1, -0.05) is 37.6 Å². The second-order valence-corrected chi connectivity index (χ2v) is 12.3. The van der Waals surface area contributed by atoms with E-state index in [0.717, 1.165) is 23.1 Å². The van der Waals surface area contributed by atoms with E-state index in [1.807, 2.05) is 37.6 Å². The van der Waals surface area contributed by atoms with E-state index in [-0.39, 0.29) is 28.5 Å². The van der Waals surface area contributed by atoms with Crippen molar-refractivity contribution in [3.63, 3.8) is 0 Å². The summed E-state index contributed by atoms with van der Waals surface area (Å²) in [7, 11) is -4.32. The van der Waals surface area contributed by atoms with Gasteiger partial charge >= 0.3 is 0 Å². The highest BCUT2D eigenvalue weighted by atomic mass is 32.2. The first kappa shape index (κ1) is 27.3. The van der Waals surface area contributed by atoms with Crippen LogP contribution in [0, 0.1) is 26.2 Å². The number of ketones is 1. The number of amides is 1. The molecule has 1 fully saturated rings. The van der Waals surface area contributed by atoms with Crippen molar-refractivity contribution in [1.29, 1.82) is 0 Å². The summed E-state index contributed by atoms with van der Waals surface area (Å²) in [6.07, 6.45) is 1.85. The number of carbonyl (C=O) groups excluding carboxylic acids is 2. The molecule has 1 unspecified atom stereocenters. The number of hydrogen-bond donors (Lipinski definition) is 2. The third-order valence-corrected chi connectivity index (χ3v) is 7.96. The molecule has 1 atom stereocenters. The maximum atomic E-state index is 13.3. The fourth-order valence-electron chi connectivity index (χ4n) is 4.81. The van der Waals surface area contributed by atoms with Crippen molar-refractivity contribution in [2.24, 2.45) is 5.41 Å². The molecular formula is C28H32N4O5S. The summed E-state index contributed by atoms with van der Waals surface area (Å²) in [6, 6.07) is 11.0. The number of pyridine rings is 2. The quantitative estimate of drug-likeness (QED) is 0.459. The Morgan fingerprint density at radius 3 is 2.42 bits per heavy atom. The van der Waals surface area contributed by atoms with Crippen LogP contribution in [0.2, 0.25) is 0 Å². The fraction of sp³-hybridized carbons (Fsp3) is 0.357. The summed E-state index contributed by atoms with van der Waals surface area (Å²) >= 11 is 0. The average molecular weight is 537 g/mol. The SMILES string of the molecule is Cc1cc(C)c(Oc2nc(C3CC(C)(C)CCC3=O)ccc2C(=O)NS(=O)(=O)c2cccc(N)n2)c(C)c1. The van der Waals surface area contributed by atoms with E-state index in [1.54, 1.807) is 6.07 Å². The third-order valence-electron chi connectivity index (χ3n) is 6.73. The second kappa shape index (κ2) is 10.2. The van der Waals surface area contributed by atoms with Crippen LogP contribution in [0.25, 0.3) is 0 Å². The van der Waals surface area contributed by atoms with Crippen LogP contribution in [-0.2, 0) is 14.8 Å². The first-order chi connectivity index (χ1) is 17.8. The number of aromatic nitrogens is 2. The zero-order valence-corrected chi connectivity index (χ0v) is 23.0. The van der Waals surface area contributed by atoms with Gasteiger partial charge in [-0.05, 0) is 74.4 Å². The molecule has 0 saturated heterocycles. The van der Waals surface area contributed by atoms with Crippen molar-refractivity contribution in [2.45, 2.75) is 64.8 Å². The number of nitrogens with one attached hydrogen (secondary N) is 1. The van der Waals surface area contributed by atoms with E-state index in [2.05, 4.69) is 23.8 Å². The van der Waals surface area contributed by atoms with Crippen LogP contribution < -0.4 is 15.2 Å². The van der Waals surface area contributed by atoms with Gasteiger partial charge in [0.25, 0.3) is 15.9 Å². The fourth-order valence-corrected chi connectivity index (χ4v) is 5.75. The molecule has 200 valence electrons. The number of rotatable bonds is 6. The topological polar surface area (TPSA) is 141 Å². The van der Waals surface area contributed by atoms with Gasteiger partial charge in [-0.25, -0.2) is 14.7 Å². The number of aryl methyl sites for hydroxylation is 3. The average Bonchev–Trinajstić information content (AvgIpc) is 2.82. The summed E-state index contributed by atoms with van der Waals surface area (Å²) in [5.74, 6) is -0.884. The highest BCUT2D eigenvalue weighted by molar-refractivity contribution is 7.90. The van der Waals surface area contributed by atoms with E-state index in [4.69, 9.17) is 10.5 Å². The predicted octanol–water partition coefficient (Wildman–Crippen LogP) is 4.76. The summed E-state index contributed by atoms with van der Waals surface area (Å²) in [6.45, 7) is 9.94. The monoisotopic (exact) mass is 536 g/mol. The third kappa shape index (κ3) is 5.85. The Bertz CT molecular complexity index is 1510. The van der Waals surface area contributed by atoms with Crippen LogP contribution in [0.4, 0.5) is 5.82 Å². The van der Waals surface area contributed by atoms with E-state index in [9.17, 15) is 18.0 Å². The van der Waals surface area contributed by atoms with Gasteiger partial charge in [0.15, 0.2) is 5.03 Å². The van der Waals surface area contributed by atoms with Crippen LogP contribution in [0.5, 0.6) is 11.6 Å². The smallest absolute Gasteiger partial charge is 0.281 e. The van der Waals surface area contributed by atoms with E-state index >= 15 is 0 Å². The van der Waals surface area contributed by atoms with Crippen molar-refractivity contribution in [3.8, 4) is 11.6 Å². The minimum absolute atomic E-state index is 0.000704. The van der Waals surface area contributed by atoms with Gasteiger partial charge < -0.3 is 10.5 Å². The number of Topliss-reactive ketones (excluding diaryl/α,β-unsaturated/α-hetero) is 1. The predicted molar refractivity (Wildman–Crippen MR) is 144 cm³/mol. The highest BCUT2D eigenvalue weighted by Gasteiger charge is 2.36. The van der Waals surface area contributed by atoms with Crippen LogP contribution >= 0.6 is 0 Å². The number of hydrogen-bond acceptors (Lipinski definition) is 8. The highest BCUT2D eigenvalue weighted by Crippen LogP contribution is 2.42. The lowest BCUT2D eigenvalue weighted by molar-refractivity contribution is -0.124. The molecule has 0 radical (unpaired) electrons. The molecule has 2 aromatic heterocycles. The molecule has 38 heavy (non-hydrogen) atoms. The Kier molecular flexibility index (Phi) is 7.29. The van der Waals surface area contributed by atoms with Gasteiger partial charge in [0.05, 0.1) is 11.6 Å². The lowest BCUT2D eigenvalue weighted by Gasteiger charge is -2.34. The lowest BCUT2D eigenvalue weighted by atomic mass is 9.70. The molecular weight excluding hydrogens is 504 g/mol. The van der Waals surface area contributed by atoms with Crippen LogP contribution in [0.15, 0.2) is 47.5 Å². The standard InChI is InChI=1S/C28H32N4O5S/c1-16-13-17(2)25(18(3)14-16)37-27-19(26(34)32-38(35,36)24-8-6-7-23(29)31-24)9-10-21(30-27)20-15-28(4,5)12-11-22(20)33/h6-10,13-14,20H,11-12,15H2,1-5H3,(H2,29,31)(H,32,34). The molecule has 1 aromatic carbocycles. The molecule has 0 bridgehead atoms. The summed E-state index contributed by atoms with van der Waals surface area (Å²) in [4.78, 5) is 34.5. The van der Waals surface area contributed by atoms with Crippen LogP contribution in [0.1, 0.15) is 71.8 Å². The van der Waals surface area contributed by atoms with Gasteiger partial charge in [-0.3, -0.25) is 9.59 Å². The minimum atomic E-state index is -4.32. The largest absolute Gasteiger partial charge is 0.438 e.